The number of thioether (sulfide) groups is 1. The van der Waals surface area contributed by atoms with Crippen molar-refractivity contribution in [2.24, 2.45) is 0 Å². The molecule has 0 unspecified atom stereocenters. The predicted molar refractivity (Wildman–Crippen MR) is 120 cm³/mol. The number of carbonyl (C=O) groups is 2. The van der Waals surface area contributed by atoms with Gasteiger partial charge in [-0.25, -0.2) is 9.97 Å². The molecule has 8 heteroatoms. The van der Waals surface area contributed by atoms with E-state index in [9.17, 15) is 14.7 Å². The highest BCUT2D eigenvalue weighted by atomic mass is 32.2. The molecule has 3 N–H and O–H groups in total. The van der Waals surface area contributed by atoms with E-state index in [0.717, 1.165) is 16.9 Å². The molecule has 0 saturated carbocycles. The van der Waals surface area contributed by atoms with Gasteiger partial charge >= 0.3 is 0 Å². The number of aliphatic hydroxyl groups excluding tert-OH is 1. The first-order valence-corrected chi connectivity index (χ1v) is 10.7. The second-order valence-corrected chi connectivity index (χ2v) is 8.12. The Labute approximate surface area is 181 Å². The fourth-order valence-electron chi connectivity index (χ4n) is 2.82. The molecule has 1 heterocycles. The number of aryl methyl sites for hydroxylation is 2. The molecule has 0 bridgehead atoms. The zero-order valence-corrected chi connectivity index (χ0v) is 18.4. The third-order valence-corrected chi connectivity index (χ3v) is 5.89. The van der Waals surface area contributed by atoms with E-state index in [1.54, 1.807) is 13.1 Å². The van der Waals surface area contributed by atoms with Crippen LogP contribution < -0.4 is 5.73 Å². The summed E-state index contributed by atoms with van der Waals surface area (Å²) in [7, 11) is 0. The van der Waals surface area contributed by atoms with Gasteiger partial charge in [0.25, 0.3) is 0 Å². The molecule has 0 atom stereocenters. The summed E-state index contributed by atoms with van der Waals surface area (Å²) in [5.41, 5.74) is 9.11. The number of carbonyl (C=O) groups excluding carboxylic acids is 2. The van der Waals surface area contributed by atoms with Crippen molar-refractivity contribution in [2.75, 3.05) is 18.1 Å². The van der Waals surface area contributed by atoms with Crippen LogP contribution in [-0.4, -0.2) is 44.5 Å². The van der Waals surface area contributed by atoms with Crippen LogP contribution in [0.1, 0.15) is 47.1 Å². The monoisotopic (exact) mass is 428 g/mol. The highest BCUT2D eigenvalue weighted by Gasteiger charge is 2.15. The number of nitrogens with two attached hydrogens (primary N) is 1. The van der Waals surface area contributed by atoms with Crippen LogP contribution in [0.3, 0.4) is 0 Å². The van der Waals surface area contributed by atoms with Crippen molar-refractivity contribution < 1.29 is 14.7 Å². The zero-order chi connectivity index (χ0) is 22.1. The molecule has 30 heavy (non-hydrogen) atoms. The van der Waals surface area contributed by atoms with Crippen LogP contribution in [0.25, 0.3) is 0 Å². The molecular formula is C22H28N4O3S. The van der Waals surface area contributed by atoms with E-state index in [4.69, 9.17) is 5.73 Å². The van der Waals surface area contributed by atoms with Crippen molar-refractivity contribution in [3.05, 3.63) is 63.6 Å². The van der Waals surface area contributed by atoms with E-state index in [1.165, 1.54) is 16.7 Å². The number of ketones is 1. The lowest BCUT2D eigenvalue weighted by molar-refractivity contribution is -0.116. The number of amides is 1. The fraction of sp³-hybridized carbons (Fsp3) is 0.364. The molecule has 0 saturated heterocycles. The maximum absolute atomic E-state index is 12.4. The van der Waals surface area contributed by atoms with Gasteiger partial charge in [0, 0.05) is 53.1 Å². The number of anilines is 1. The fourth-order valence-corrected chi connectivity index (χ4v) is 3.92. The Hall–Kier alpha value is -2.71. The van der Waals surface area contributed by atoms with Crippen molar-refractivity contribution >= 4 is 29.8 Å². The van der Waals surface area contributed by atoms with Gasteiger partial charge in [-0.1, -0.05) is 29.8 Å². The minimum Gasteiger partial charge on any atom is -0.396 e. The Balaban J connectivity index is 2.07. The smallest absolute Gasteiger partial charge is 0.214 e. The van der Waals surface area contributed by atoms with Crippen LogP contribution in [0.2, 0.25) is 0 Å². The van der Waals surface area contributed by atoms with E-state index in [-0.39, 0.29) is 18.9 Å². The van der Waals surface area contributed by atoms with Crippen LogP contribution in [0.5, 0.6) is 0 Å². The number of benzene rings is 1. The van der Waals surface area contributed by atoms with Gasteiger partial charge < -0.3 is 15.7 Å². The van der Waals surface area contributed by atoms with Gasteiger partial charge in [-0.2, -0.15) is 0 Å². The van der Waals surface area contributed by atoms with Gasteiger partial charge in [-0.15, -0.1) is 11.8 Å². The number of rotatable bonds is 11. The summed E-state index contributed by atoms with van der Waals surface area (Å²) in [6.07, 6.45) is 3.11. The predicted octanol–water partition coefficient (Wildman–Crippen LogP) is 3.25. The SMILES string of the molecule is C/C(=C(\CCO)SCCC(=O)c1ccc(C)cc1)N(C=O)Cc1cnc(C)nc1N. The molecule has 160 valence electrons. The number of hydrogen-bond donors (Lipinski definition) is 2. The zero-order valence-electron chi connectivity index (χ0n) is 17.6. The van der Waals surface area contributed by atoms with Crippen LogP contribution >= 0.6 is 11.8 Å². The Bertz CT molecular complexity index is 913. The molecule has 1 aromatic heterocycles. The number of nitrogens with zero attached hydrogens (tertiary/aromatic N) is 3. The van der Waals surface area contributed by atoms with Gasteiger partial charge in [0.1, 0.15) is 11.6 Å². The number of aromatic nitrogens is 2. The second-order valence-electron chi connectivity index (χ2n) is 6.93. The van der Waals surface area contributed by atoms with E-state index < -0.39 is 0 Å². The molecule has 7 nitrogen and oxygen atoms in total. The molecule has 0 spiro atoms. The first kappa shape index (κ1) is 23.6. The Morgan fingerprint density at radius 3 is 2.53 bits per heavy atom. The van der Waals surface area contributed by atoms with Crippen molar-refractivity contribution in [2.45, 2.75) is 40.2 Å². The molecule has 2 rings (SSSR count). The number of hydrogen-bond acceptors (Lipinski definition) is 7. The lowest BCUT2D eigenvalue weighted by atomic mass is 10.1. The quantitative estimate of drug-likeness (QED) is 0.417. The first-order valence-electron chi connectivity index (χ1n) is 9.69. The molecule has 1 amide bonds. The largest absolute Gasteiger partial charge is 0.396 e. The highest BCUT2D eigenvalue weighted by molar-refractivity contribution is 8.03. The second kappa shape index (κ2) is 11.5. The molecule has 2 aromatic rings. The summed E-state index contributed by atoms with van der Waals surface area (Å²) in [4.78, 5) is 34.7. The lowest BCUT2D eigenvalue weighted by Gasteiger charge is -2.22. The summed E-state index contributed by atoms with van der Waals surface area (Å²) in [5, 5.41) is 9.46. The third kappa shape index (κ3) is 6.67. The minimum absolute atomic E-state index is 0.0476. The van der Waals surface area contributed by atoms with Crippen LogP contribution in [-0.2, 0) is 11.3 Å². The highest BCUT2D eigenvalue weighted by Crippen LogP contribution is 2.27. The Kier molecular flexibility index (Phi) is 9.01. The standard InChI is InChI=1S/C22H28N4O3S/c1-15-4-6-18(7-5-15)20(29)9-11-30-21(8-10-27)16(2)26(14-28)13-19-12-24-17(3)25-22(19)23/h4-7,12,14,27H,8-11,13H2,1-3H3,(H2,23,24,25)/b21-16-. The topological polar surface area (TPSA) is 109 Å². The van der Waals surface area contributed by atoms with Gasteiger partial charge in [-0.3, -0.25) is 9.59 Å². The molecule has 0 aliphatic carbocycles. The van der Waals surface area contributed by atoms with Crippen molar-refractivity contribution in [3.63, 3.8) is 0 Å². The Morgan fingerprint density at radius 2 is 1.93 bits per heavy atom. The number of allylic oxidation sites excluding steroid dienone is 1. The van der Waals surface area contributed by atoms with Gasteiger partial charge in [0.15, 0.2) is 5.78 Å². The average Bonchev–Trinajstić information content (AvgIpc) is 2.72. The van der Waals surface area contributed by atoms with Gasteiger partial charge in [0.2, 0.25) is 6.41 Å². The van der Waals surface area contributed by atoms with Crippen molar-refractivity contribution in [1.82, 2.24) is 14.9 Å². The van der Waals surface area contributed by atoms with E-state index in [0.29, 0.717) is 47.1 Å². The molecule has 0 aliphatic heterocycles. The third-order valence-electron chi connectivity index (χ3n) is 4.64. The Morgan fingerprint density at radius 1 is 1.23 bits per heavy atom. The normalized spacial score (nSPS) is 11.7. The minimum atomic E-state index is -0.0476. The van der Waals surface area contributed by atoms with Crippen LogP contribution in [0.4, 0.5) is 5.82 Å². The average molecular weight is 429 g/mol. The summed E-state index contributed by atoms with van der Waals surface area (Å²) >= 11 is 1.48. The maximum atomic E-state index is 12.4. The van der Waals surface area contributed by atoms with Crippen molar-refractivity contribution in [3.8, 4) is 0 Å². The number of Topliss-reactive ketones (excluding diaryl/α,β-unsaturated/α-hetero) is 1. The molecule has 1 aromatic carbocycles. The molecule has 0 fully saturated rings. The van der Waals surface area contributed by atoms with Crippen LogP contribution in [0, 0.1) is 13.8 Å². The van der Waals surface area contributed by atoms with E-state index in [1.807, 2.05) is 38.1 Å². The maximum Gasteiger partial charge on any atom is 0.214 e. The summed E-state index contributed by atoms with van der Waals surface area (Å²) in [5.74, 6) is 1.53. The summed E-state index contributed by atoms with van der Waals surface area (Å²) < 4.78 is 0. The lowest BCUT2D eigenvalue weighted by Crippen LogP contribution is -2.22. The molecule has 0 aliphatic rings. The van der Waals surface area contributed by atoms with Gasteiger partial charge in [-0.05, 0) is 20.8 Å². The van der Waals surface area contributed by atoms with Crippen molar-refractivity contribution in [1.29, 1.82) is 0 Å². The molecule has 0 radical (unpaired) electrons. The van der Waals surface area contributed by atoms with Gasteiger partial charge in [0.05, 0.1) is 6.54 Å². The summed E-state index contributed by atoms with van der Waals surface area (Å²) in [6, 6.07) is 7.51. The van der Waals surface area contributed by atoms with E-state index in [2.05, 4.69) is 9.97 Å². The number of nitrogen functional groups attached to an aromatic ring is 1. The molecular weight excluding hydrogens is 400 g/mol. The number of aliphatic hydroxyl groups is 1. The van der Waals surface area contributed by atoms with E-state index >= 15 is 0 Å². The van der Waals surface area contributed by atoms with Crippen LogP contribution in [0.15, 0.2) is 41.1 Å². The summed E-state index contributed by atoms with van der Waals surface area (Å²) in [6.45, 7) is 5.73. The first-order chi connectivity index (χ1) is 14.3.